The Kier molecular flexibility index (Phi) is 17.7. The van der Waals surface area contributed by atoms with Crippen molar-refractivity contribution >= 4 is 58.3 Å². The zero-order valence-electron chi connectivity index (χ0n) is 29.6. The van der Waals surface area contributed by atoms with Crippen molar-refractivity contribution in [3.8, 4) is 0 Å². The van der Waals surface area contributed by atoms with Gasteiger partial charge in [-0.2, -0.15) is 0 Å². The minimum absolute atomic E-state index is 0.0665. The van der Waals surface area contributed by atoms with E-state index in [-0.39, 0.29) is 44.1 Å². The minimum Gasteiger partial charge on any atom is -0.481 e. The van der Waals surface area contributed by atoms with Gasteiger partial charge in [0.1, 0.15) is 24.2 Å². The molecule has 15 N–H and O–H groups in total. The van der Waals surface area contributed by atoms with E-state index in [1.54, 1.807) is 20.0 Å². The Morgan fingerprint density at radius 3 is 2.04 bits per heavy atom. The molecule has 0 spiro atoms. The Labute approximate surface area is 305 Å². The maximum absolute atomic E-state index is 13.2. The van der Waals surface area contributed by atoms with E-state index in [9.17, 15) is 48.9 Å². The lowest BCUT2D eigenvalue weighted by atomic mass is 10.0. The fourth-order valence-electron chi connectivity index (χ4n) is 5.19. The molecule has 5 atom stereocenters. The van der Waals surface area contributed by atoms with E-state index in [1.807, 2.05) is 24.3 Å². The van der Waals surface area contributed by atoms with E-state index in [2.05, 4.69) is 36.6 Å². The number of benzene rings is 1. The minimum atomic E-state index is -1.69. The maximum Gasteiger partial charge on any atom is 0.326 e. The molecule has 0 unspecified atom stereocenters. The lowest BCUT2D eigenvalue weighted by Gasteiger charge is -2.25. The number of aliphatic imine (C=N–C) groups is 1. The number of aromatic nitrogens is 1. The summed E-state index contributed by atoms with van der Waals surface area (Å²) in [7, 11) is 0. The third-order valence-corrected chi connectivity index (χ3v) is 7.89. The van der Waals surface area contributed by atoms with Crippen LogP contribution in [0.5, 0.6) is 0 Å². The average molecular weight is 747 g/mol. The van der Waals surface area contributed by atoms with Gasteiger partial charge in [0, 0.05) is 30.1 Å². The van der Waals surface area contributed by atoms with Crippen molar-refractivity contribution in [3.63, 3.8) is 0 Å². The Morgan fingerprint density at radius 1 is 0.830 bits per heavy atom. The molecule has 1 heterocycles. The number of aromatic amines is 1. The predicted molar refractivity (Wildman–Crippen MR) is 192 cm³/mol. The van der Waals surface area contributed by atoms with Crippen molar-refractivity contribution in [2.75, 3.05) is 19.7 Å². The lowest BCUT2D eigenvalue weighted by molar-refractivity contribution is -0.143. The number of fused-ring (bicyclic) bond motifs is 1. The summed E-state index contributed by atoms with van der Waals surface area (Å²) in [5.41, 5.74) is 18.4. The quantitative estimate of drug-likeness (QED) is 0.0310. The number of para-hydroxylation sites is 1. The van der Waals surface area contributed by atoms with Crippen LogP contribution in [0, 0.1) is 5.92 Å². The van der Waals surface area contributed by atoms with Gasteiger partial charge in [0.2, 0.25) is 29.5 Å². The summed E-state index contributed by atoms with van der Waals surface area (Å²) in [6.07, 6.45) is 1.07. The molecule has 1 aromatic heterocycles. The first-order chi connectivity index (χ1) is 25.0. The van der Waals surface area contributed by atoms with Crippen LogP contribution in [0.2, 0.25) is 0 Å². The van der Waals surface area contributed by atoms with E-state index >= 15 is 0 Å². The number of amides is 5. The Morgan fingerprint density at radius 2 is 1.43 bits per heavy atom. The number of nitrogens with zero attached hydrogens (tertiary/aromatic N) is 1. The number of hydrogen-bond acceptors (Lipinski definition) is 10. The molecule has 53 heavy (non-hydrogen) atoms. The number of H-pyrrole nitrogens is 1. The van der Waals surface area contributed by atoms with Gasteiger partial charge in [0.05, 0.1) is 19.2 Å². The number of nitrogens with two attached hydrogens (primary N) is 3. The number of rotatable bonds is 23. The molecule has 0 aliphatic carbocycles. The number of aliphatic hydroxyl groups excluding tert-OH is 1. The van der Waals surface area contributed by atoms with Gasteiger partial charge in [-0.25, -0.2) is 4.79 Å². The first-order valence-electron chi connectivity index (χ1n) is 16.9. The van der Waals surface area contributed by atoms with Crippen LogP contribution in [0.3, 0.4) is 0 Å². The lowest BCUT2D eigenvalue weighted by Crippen LogP contribution is -2.59. The van der Waals surface area contributed by atoms with Crippen molar-refractivity contribution in [3.05, 3.63) is 36.0 Å². The van der Waals surface area contributed by atoms with Crippen LogP contribution < -0.4 is 43.8 Å². The molecule has 0 saturated carbocycles. The summed E-state index contributed by atoms with van der Waals surface area (Å²) in [5.74, 6) is -7.38. The first-order valence-corrected chi connectivity index (χ1v) is 16.9. The van der Waals surface area contributed by atoms with Crippen LogP contribution >= 0.6 is 0 Å². The molecule has 1 aromatic carbocycles. The molecule has 0 radical (unpaired) electrons. The molecule has 0 fully saturated rings. The van der Waals surface area contributed by atoms with Gasteiger partial charge in [-0.3, -0.25) is 33.8 Å². The summed E-state index contributed by atoms with van der Waals surface area (Å²) in [5, 5.41) is 41.3. The second-order valence-electron chi connectivity index (χ2n) is 12.7. The highest BCUT2D eigenvalue weighted by molar-refractivity contribution is 5.96. The van der Waals surface area contributed by atoms with Crippen LogP contribution in [0.15, 0.2) is 35.5 Å². The second-order valence-corrected chi connectivity index (χ2v) is 12.7. The van der Waals surface area contributed by atoms with Crippen LogP contribution in [-0.2, 0) is 40.0 Å². The van der Waals surface area contributed by atoms with Crippen molar-refractivity contribution in [2.24, 2.45) is 28.1 Å². The molecular weight excluding hydrogens is 696 g/mol. The van der Waals surface area contributed by atoms with Gasteiger partial charge in [0.15, 0.2) is 5.96 Å². The van der Waals surface area contributed by atoms with Crippen LogP contribution in [0.1, 0.15) is 51.5 Å². The topological polar surface area (TPSA) is 347 Å². The number of carboxylic acids is 2. The molecular formula is C33H50N10O10. The molecule has 20 nitrogen and oxygen atoms in total. The van der Waals surface area contributed by atoms with Gasteiger partial charge in [-0.05, 0) is 49.7 Å². The predicted octanol–water partition coefficient (Wildman–Crippen LogP) is -2.87. The highest BCUT2D eigenvalue weighted by Crippen LogP contribution is 2.18. The summed E-state index contributed by atoms with van der Waals surface area (Å²) in [6, 6.07) is 0.562. The number of hydrogen-bond donors (Lipinski definition) is 12. The maximum atomic E-state index is 13.2. The molecule has 0 aliphatic heterocycles. The molecule has 292 valence electrons. The average Bonchev–Trinajstić information content (AvgIpc) is 3.50. The molecule has 2 aromatic rings. The fraction of sp³-hybridized carbons (Fsp3) is 0.515. The summed E-state index contributed by atoms with van der Waals surface area (Å²) < 4.78 is 0. The highest BCUT2D eigenvalue weighted by atomic mass is 16.4. The normalized spacial score (nSPS) is 13.8. The zero-order chi connectivity index (χ0) is 39.7. The van der Waals surface area contributed by atoms with Crippen molar-refractivity contribution in [2.45, 2.75) is 82.6 Å². The molecule has 2 rings (SSSR count). The number of carbonyl (C=O) groups is 7. The molecule has 0 saturated heterocycles. The molecule has 0 aliphatic rings. The third kappa shape index (κ3) is 15.2. The number of guanidine groups is 1. The number of aliphatic hydroxyl groups is 1. The van der Waals surface area contributed by atoms with Crippen LogP contribution in [0.4, 0.5) is 0 Å². The van der Waals surface area contributed by atoms with Crippen LogP contribution in [-0.4, -0.2) is 118 Å². The molecule has 5 amide bonds. The largest absolute Gasteiger partial charge is 0.481 e. The summed E-state index contributed by atoms with van der Waals surface area (Å²) >= 11 is 0. The van der Waals surface area contributed by atoms with Gasteiger partial charge < -0.3 is 64.1 Å². The monoisotopic (exact) mass is 746 g/mol. The number of carbonyl (C=O) groups excluding carboxylic acids is 5. The Balaban J connectivity index is 2.08. The van der Waals surface area contributed by atoms with E-state index in [0.29, 0.717) is 0 Å². The van der Waals surface area contributed by atoms with Gasteiger partial charge in [-0.15, -0.1) is 0 Å². The van der Waals surface area contributed by atoms with E-state index in [4.69, 9.17) is 17.2 Å². The SMILES string of the molecule is CC(C)C[C@H](NC(=O)[C@H](CCCN=C(N)N)NC(=O)[C@H](CO)NC(=O)[C@H](CCC(=O)O)NC(=O)CNC(=O)[C@@H](N)Cc1c[nH]c2ccccc12)C(=O)O. The summed E-state index contributed by atoms with van der Waals surface area (Å²) in [6.45, 7) is 1.99. The van der Waals surface area contributed by atoms with Gasteiger partial charge >= 0.3 is 11.9 Å². The fourth-order valence-corrected chi connectivity index (χ4v) is 5.19. The zero-order valence-corrected chi connectivity index (χ0v) is 29.6. The molecule has 0 bridgehead atoms. The van der Waals surface area contributed by atoms with Crippen molar-refractivity contribution < 1.29 is 48.9 Å². The van der Waals surface area contributed by atoms with Crippen LogP contribution in [0.25, 0.3) is 10.9 Å². The van der Waals surface area contributed by atoms with Crippen molar-refractivity contribution in [1.82, 2.24) is 31.6 Å². The van der Waals surface area contributed by atoms with E-state index in [0.717, 1.165) is 16.5 Å². The third-order valence-electron chi connectivity index (χ3n) is 7.89. The smallest absolute Gasteiger partial charge is 0.326 e. The number of nitrogens with one attached hydrogen (secondary N) is 6. The van der Waals surface area contributed by atoms with Crippen molar-refractivity contribution in [1.29, 1.82) is 0 Å². The Hall–Kier alpha value is -5.76. The molecule has 20 heteroatoms. The first kappa shape index (κ1) is 43.4. The number of aliphatic carboxylic acids is 2. The van der Waals surface area contributed by atoms with Gasteiger partial charge in [-0.1, -0.05) is 32.0 Å². The van der Waals surface area contributed by atoms with E-state index < -0.39 is 97.7 Å². The standard InChI is InChI=1S/C33H50N10O10/c1-17(2)12-24(32(52)53)42-29(49)22(8-5-11-37-33(35)36)41-31(51)25(16-44)43-30(50)23(9-10-27(46)47)40-26(45)15-39-28(48)20(34)13-18-14-38-21-7-4-3-6-19(18)21/h3-4,6-7,14,17,20,22-25,38,44H,5,8-13,15-16,34H2,1-2H3,(H,39,48)(H,40,45)(H,41,51)(H,42,49)(H,43,50)(H,46,47)(H,52,53)(H4,35,36,37)/t20-,22-,23-,24-,25-/m0/s1. The summed E-state index contributed by atoms with van der Waals surface area (Å²) in [4.78, 5) is 94.9. The van der Waals surface area contributed by atoms with Gasteiger partial charge in [0.25, 0.3) is 0 Å². The number of carboxylic acid groups (broad SMARTS) is 2. The highest BCUT2D eigenvalue weighted by Gasteiger charge is 2.31. The van der Waals surface area contributed by atoms with E-state index in [1.165, 1.54) is 0 Å². The Bertz CT molecular complexity index is 1620. The second kappa shape index (κ2) is 21.6.